The smallest absolute Gasteiger partial charge is 0.306 e. The average Bonchev–Trinajstić information content (AvgIpc) is 2.26. The first-order valence-corrected chi connectivity index (χ1v) is 6.56. The van der Waals surface area contributed by atoms with Crippen molar-refractivity contribution >= 4 is 5.97 Å². The van der Waals surface area contributed by atoms with E-state index in [9.17, 15) is 4.79 Å². The number of rotatable bonds is 10. The van der Waals surface area contributed by atoms with Gasteiger partial charge in [0.2, 0.25) is 0 Å². The minimum Gasteiger partial charge on any atom is -0.481 e. The van der Waals surface area contributed by atoms with Crippen molar-refractivity contribution in [3.8, 4) is 0 Å². The summed E-state index contributed by atoms with van der Waals surface area (Å²) in [4.78, 5) is 10.6. The Hall–Kier alpha value is -0.790. The summed E-state index contributed by atoms with van der Waals surface area (Å²) >= 11 is 0. The Kier molecular flexibility index (Phi) is 10.2. The number of hydrogen-bond donors (Lipinski definition) is 1. The van der Waals surface area contributed by atoms with Gasteiger partial charge in [-0.1, -0.05) is 45.3 Å². The minimum atomic E-state index is -0.671. The molecule has 16 heavy (non-hydrogen) atoms. The van der Waals surface area contributed by atoms with Gasteiger partial charge in [0.25, 0.3) is 0 Å². The third-order valence-corrected chi connectivity index (χ3v) is 2.82. The molecule has 0 aliphatic carbocycles. The van der Waals surface area contributed by atoms with Gasteiger partial charge in [-0.25, -0.2) is 0 Å². The van der Waals surface area contributed by atoms with Gasteiger partial charge < -0.3 is 5.11 Å². The van der Waals surface area contributed by atoms with Gasteiger partial charge in [0.15, 0.2) is 0 Å². The second kappa shape index (κ2) is 10.7. The number of aliphatic carboxylic acids is 1. The van der Waals surface area contributed by atoms with Crippen molar-refractivity contribution in [2.75, 3.05) is 0 Å². The lowest BCUT2D eigenvalue weighted by molar-refractivity contribution is -0.141. The highest BCUT2D eigenvalue weighted by molar-refractivity contribution is 5.69. The van der Waals surface area contributed by atoms with Crippen molar-refractivity contribution < 1.29 is 9.90 Å². The van der Waals surface area contributed by atoms with Crippen LogP contribution in [0.15, 0.2) is 12.2 Å². The molecule has 0 aromatic rings. The van der Waals surface area contributed by atoms with Crippen LogP contribution in [0.3, 0.4) is 0 Å². The van der Waals surface area contributed by atoms with E-state index in [1.807, 2.05) is 0 Å². The lowest BCUT2D eigenvalue weighted by atomic mass is 10.0. The summed E-state index contributed by atoms with van der Waals surface area (Å²) in [5, 5.41) is 8.69. The standard InChI is InChI=1S/C14H26O2/c1-3-4-5-6-7-8-9-10-11-12-13(2)14(15)16/h7-8,13H,3-6,9-12H2,1-2H3,(H,15,16). The first-order chi connectivity index (χ1) is 7.68. The normalized spacial score (nSPS) is 13.1. The van der Waals surface area contributed by atoms with Crippen LogP contribution in [0.2, 0.25) is 0 Å². The molecule has 0 fully saturated rings. The number of carboxylic acids is 1. The second-order valence-electron chi connectivity index (χ2n) is 4.49. The Morgan fingerprint density at radius 2 is 1.69 bits per heavy atom. The molecule has 0 aromatic carbocycles. The van der Waals surface area contributed by atoms with Crippen LogP contribution in [0.25, 0.3) is 0 Å². The number of carboxylic acid groups (broad SMARTS) is 1. The van der Waals surface area contributed by atoms with Gasteiger partial charge in [-0.05, 0) is 32.1 Å². The molecule has 0 spiro atoms. The summed E-state index contributed by atoms with van der Waals surface area (Å²) in [5.41, 5.74) is 0. The molecular formula is C14H26O2. The van der Waals surface area contributed by atoms with Crippen LogP contribution >= 0.6 is 0 Å². The average molecular weight is 226 g/mol. The van der Waals surface area contributed by atoms with E-state index in [0.29, 0.717) is 0 Å². The summed E-state index contributed by atoms with van der Waals surface area (Å²) in [6.45, 7) is 4.00. The molecule has 0 saturated carbocycles. The van der Waals surface area contributed by atoms with Crippen LogP contribution in [0, 0.1) is 5.92 Å². The molecule has 0 aliphatic rings. The molecule has 0 heterocycles. The fourth-order valence-electron chi connectivity index (χ4n) is 1.58. The zero-order valence-electron chi connectivity index (χ0n) is 10.7. The summed E-state index contributed by atoms with van der Waals surface area (Å²) in [7, 11) is 0. The highest BCUT2D eigenvalue weighted by Crippen LogP contribution is 2.10. The summed E-state index contributed by atoms with van der Waals surface area (Å²) in [6, 6.07) is 0. The summed E-state index contributed by atoms with van der Waals surface area (Å²) in [6.07, 6.45) is 13.6. The fourth-order valence-corrected chi connectivity index (χ4v) is 1.58. The Labute approximate surface area is 99.7 Å². The van der Waals surface area contributed by atoms with E-state index in [2.05, 4.69) is 19.1 Å². The first-order valence-electron chi connectivity index (χ1n) is 6.56. The Bertz CT molecular complexity index is 197. The maximum Gasteiger partial charge on any atom is 0.306 e. The van der Waals surface area contributed by atoms with Crippen molar-refractivity contribution in [3.05, 3.63) is 12.2 Å². The molecule has 1 atom stereocenters. The molecule has 0 aliphatic heterocycles. The predicted octanol–water partition coefficient (Wildman–Crippen LogP) is 4.40. The van der Waals surface area contributed by atoms with Crippen molar-refractivity contribution in [1.29, 1.82) is 0 Å². The first kappa shape index (κ1) is 15.2. The molecule has 2 nitrogen and oxygen atoms in total. The number of carbonyl (C=O) groups is 1. The molecule has 0 aromatic heterocycles. The largest absolute Gasteiger partial charge is 0.481 e. The molecule has 0 amide bonds. The van der Waals surface area contributed by atoms with E-state index in [1.54, 1.807) is 6.92 Å². The van der Waals surface area contributed by atoms with E-state index >= 15 is 0 Å². The summed E-state index contributed by atoms with van der Waals surface area (Å²) in [5.74, 6) is -0.858. The molecule has 1 N–H and O–H groups in total. The maximum atomic E-state index is 10.6. The van der Waals surface area contributed by atoms with Gasteiger partial charge in [-0.2, -0.15) is 0 Å². The zero-order valence-corrected chi connectivity index (χ0v) is 10.7. The van der Waals surface area contributed by atoms with Gasteiger partial charge in [-0.3, -0.25) is 4.79 Å². The van der Waals surface area contributed by atoms with Gasteiger partial charge in [0.05, 0.1) is 5.92 Å². The molecule has 0 bridgehead atoms. The van der Waals surface area contributed by atoms with Gasteiger partial charge in [-0.15, -0.1) is 0 Å². The monoisotopic (exact) mass is 226 g/mol. The van der Waals surface area contributed by atoms with Gasteiger partial charge >= 0.3 is 5.97 Å². The predicted molar refractivity (Wildman–Crippen MR) is 68.5 cm³/mol. The molecule has 0 radical (unpaired) electrons. The fraction of sp³-hybridized carbons (Fsp3) is 0.786. The van der Waals surface area contributed by atoms with Crippen LogP contribution < -0.4 is 0 Å². The topological polar surface area (TPSA) is 37.3 Å². The molecule has 94 valence electrons. The number of allylic oxidation sites excluding steroid dienone is 2. The third-order valence-electron chi connectivity index (χ3n) is 2.82. The number of unbranched alkanes of at least 4 members (excludes halogenated alkanes) is 5. The van der Waals surface area contributed by atoms with Crippen molar-refractivity contribution in [1.82, 2.24) is 0 Å². The minimum absolute atomic E-state index is 0.187. The van der Waals surface area contributed by atoms with Crippen molar-refractivity contribution in [2.45, 2.75) is 65.2 Å². The van der Waals surface area contributed by atoms with Gasteiger partial charge in [0.1, 0.15) is 0 Å². The molecule has 1 unspecified atom stereocenters. The van der Waals surface area contributed by atoms with E-state index in [1.165, 1.54) is 25.7 Å². The van der Waals surface area contributed by atoms with E-state index in [0.717, 1.165) is 25.7 Å². The lowest BCUT2D eigenvalue weighted by Crippen LogP contribution is -2.08. The van der Waals surface area contributed by atoms with Gasteiger partial charge in [0, 0.05) is 0 Å². The molecule has 0 saturated heterocycles. The van der Waals surface area contributed by atoms with E-state index in [4.69, 9.17) is 5.11 Å². The van der Waals surface area contributed by atoms with Crippen LogP contribution in [0.1, 0.15) is 65.2 Å². The Morgan fingerprint density at radius 1 is 1.12 bits per heavy atom. The second-order valence-corrected chi connectivity index (χ2v) is 4.49. The third kappa shape index (κ3) is 9.75. The van der Waals surface area contributed by atoms with Crippen LogP contribution in [-0.4, -0.2) is 11.1 Å². The maximum absolute atomic E-state index is 10.6. The quantitative estimate of drug-likeness (QED) is 0.442. The molecule has 2 heteroatoms. The van der Waals surface area contributed by atoms with Crippen LogP contribution in [0.5, 0.6) is 0 Å². The number of hydrogen-bond acceptors (Lipinski definition) is 1. The SMILES string of the molecule is CCCCCC=CCCCCC(C)C(=O)O. The molecular weight excluding hydrogens is 200 g/mol. The molecule has 0 rings (SSSR count). The highest BCUT2D eigenvalue weighted by atomic mass is 16.4. The Balaban J connectivity index is 3.23. The van der Waals surface area contributed by atoms with Crippen molar-refractivity contribution in [3.63, 3.8) is 0 Å². The van der Waals surface area contributed by atoms with E-state index < -0.39 is 5.97 Å². The summed E-state index contributed by atoms with van der Waals surface area (Å²) < 4.78 is 0. The van der Waals surface area contributed by atoms with Crippen molar-refractivity contribution in [2.24, 2.45) is 5.92 Å². The van der Waals surface area contributed by atoms with E-state index in [-0.39, 0.29) is 5.92 Å². The zero-order chi connectivity index (χ0) is 12.2. The Morgan fingerprint density at radius 3 is 2.19 bits per heavy atom. The van der Waals surface area contributed by atoms with Crippen LogP contribution in [-0.2, 0) is 4.79 Å². The highest BCUT2D eigenvalue weighted by Gasteiger charge is 2.08. The van der Waals surface area contributed by atoms with Crippen LogP contribution in [0.4, 0.5) is 0 Å². The lowest BCUT2D eigenvalue weighted by Gasteiger charge is -2.03.